The highest BCUT2D eigenvalue weighted by Gasteiger charge is 2.56. The summed E-state index contributed by atoms with van der Waals surface area (Å²) in [7, 11) is -5.24. The number of halogens is 6. The van der Waals surface area contributed by atoms with Crippen LogP contribution in [0.4, 0.5) is 9.59 Å². The summed E-state index contributed by atoms with van der Waals surface area (Å²) in [6.07, 6.45) is 12.9. The van der Waals surface area contributed by atoms with E-state index in [1.54, 1.807) is 66.7 Å². The third kappa shape index (κ3) is 43.8. The number of phosphoric ester groups is 1. The van der Waals surface area contributed by atoms with Crippen molar-refractivity contribution in [1.29, 1.82) is 0 Å². The van der Waals surface area contributed by atoms with Gasteiger partial charge in [0.15, 0.2) is 24.8 Å². The minimum Gasteiger partial charge on any atom is -0.459 e. The molecule has 0 bridgehead atoms. The van der Waals surface area contributed by atoms with Gasteiger partial charge in [0.05, 0.1) is 6.61 Å². The number of aliphatic hydroxyl groups is 1. The predicted molar refractivity (Wildman–Crippen MR) is 433 cm³/mol. The summed E-state index contributed by atoms with van der Waals surface area (Å²) in [6.45, 7) is 1.12. The van der Waals surface area contributed by atoms with Crippen molar-refractivity contribution in [3.63, 3.8) is 0 Å². The molecule has 10 atom stereocenters. The Kier molecular flexibility index (Phi) is 49.7. The molecule has 2 heterocycles. The second-order valence-electron chi connectivity index (χ2n) is 28.4. The summed E-state index contributed by atoms with van der Waals surface area (Å²) in [5, 5.41) is 20.7. The molecule has 32 heteroatoms. The van der Waals surface area contributed by atoms with Gasteiger partial charge in [-0.15, -0.1) is 0 Å². The number of phosphoric acid groups is 1. The van der Waals surface area contributed by atoms with Crippen molar-refractivity contribution in [2.24, 2.45) is 0 Å². The molecule has 2 saturated heterocycles. The van der Waals surface area contributed by atoms with E-state index in [0.29, 0.717) is 31.2 Å². The number of amides is 3. The van der Waals surface area contributed by atoms with Crippen LogP contribution in [0.5, 0.6) is 11.5 Å². The highest BCUT2D eigenvalue weighted by molar-refractivity contribution is 7.49. The summed E-state index contributed by atoms with van der Waals surface area (Å²) >= 11 is 36.1. The zero-order valence-corrected chi connectivity index (χ0v) is 71.1. The number of carbonyl (C=O) groups is 7. The average Bonchev–Trinajstić information content (AvgIpc) is 0.777. The first-order valence-corrected chi connectivity index (χ1v) is 44.1. The molecule has 0 radical (unpaired) electrons. The summed E-state index contributed by atoms with van der Waals surface area (Å²) in [4.78, 5) is 98.1. The van der Waals surface area contributed by atoms with E-state index >= 15 is 4.57 Å². The summed E-state index contributed by atoms with van der Waals surface area (Å²) in [6, 6.07) is 20.5. The lowest BCUT2D eigenvalue weighted by molar-refractivity contribution is -0.304. The molecule has 0 aromatic heterocycles. The number of para-hydroxylation sites is 2. The first-order valence-electron chi connectivity index (χ1n) is 40.4. The molecule has 3 aromatic carbocycles. The molecule has 113 heavy (non-hydrogen) atoms. The molecular formula is C81H120Cl6N3O22P. The normalized spacial score (nSPS) is 19.8. The van der Waals surface area contributed by atoms with Gasteiger partial charge in [-0.25, -0.2) is 18.9 Å². The number of benzene rings is 3. The number of carbonyl (C=O) groups excluding carboxylic acids is 7. The van der Waals surface area contributed by atoms with Crippen molar-refractivity contribution in [3.05, 3.63) is 96.6 Å². The maximum atomic E-state index is 15.7. The zero-order valence-electron chi connectivity index (χ0n) is 65.7. The third-order valence-electron chi connectivity index (χ3n) is 18.7. The number of hydrogen-bond donors (Lipinski definition) is 4. The Hall–Kier alpha value is -5.12. The minimum atomic E-state index is -5.24. The van der Waals surface area contributed by atoms with E-state index in [1.807, 2.05) is 0 Å². The van der Waals surface area contributed by atoms with Gasteiger partial charge < -0.3 is 77.5 Å². The molecule has 4 N–H and O–H groups in total. The third-order valence-corrected chi connectivity index (χ3v) is 20.7. The molecule has 0 saturated carbocycles. The Morgan fingerprint density at radius 3 is 1.36 bits per heavy atom. The van der Waals surface area contributed by atoms with Crippen LogP contribution in [0, 0.1) is 0 Å². The van der Waals surface area contributed by atoms with Crippen LogP contribution < -0.4 is 25.0 Å². The fourth-order valence-corrected chi connectivity index (χ4v) is 14.5. The Morgan fingerprint density at radius 2 is 0.867 bits per heavy atom. The highest BCUT2D eigenvalue weighted by atomic mass is 35.6. The molecule has 0 spiro atoms. The lowest BCUT2D eigenvalue weighted by Crippen LogP contribution is -2.68. The Bertz CT molecular complexity index is 3140. The Balaban J connectivity index is 1.58. The molecule has 25 nitrogen and oxygen atoms in total. The van der Waals surface area contributed by atoms with E-state index in [0.717, 1.165) is 109 Å². The standard InChI is InChI=1S/C81H120Cl6N3O22P/c1-4-7-10-13-16-19-21-24-27-30-42-51-66(92)89-70-74(108-67(93)52-43-31-28-25-22-20-17-14-11-8-5-2)72(96)63(106-76(70)102-57-69(95)100-54-60-44-35-32-36-45-60)55-101-77-71(90-78(97)104-58-80(82,83)84)75(109-68(94)53-88-65(91)50-41-29-26-23-18-15-12-9-6-3)73(64(107-77)56-103-79(98)105-59-81(85,86)87)112-113(99,110-61-46-37-33-38-47-61)111-62-48-39-34-40-49-62/h32-40,44-49,63-64,70-77,96H,4-31,41-43,50-59H2,1-3H3,(H,88,91)(H,89,92)(H,90,97)/t63-,64-,70-,71-,72-,73-,74-,75-,76+,77-/m1/s1. The SMILES string of the molecule is CCCCCCCCCCCCCC(=O)N[C@H]1[C@@H](OCC(=O)OCc2ccccc2)O[C@H](CO[C@@H]2O[C@H](COC(=O)OCC(Cl)(Cl)Cl)[C@@H](OP(=O)(Oc3ccccc3)Oc3ccccc3)[C@H](OC(=O)CNC(=O)CCCCCCCCCCC)[C@H]2NC(=O)OCC(Cl)(Cl)Cl)[C@@H](O)[C@@H]1OC(=O)CCCCCCCCCCCCC. The molecule has 2 aliphatic rings. The molecular weight excluding hydrogens is 1610 g/mol. The lowest BCUT2D eigenvalue weighted by atomic mass is 9.95. The Morgan fingerprint density at radius 1 is 0.442 bits per heavy atom. The van der Waals surface area contributed by atoms with E-state index in [-0.39, 0.29) is 37.4 Å². The lowest BCUT2D eigenvalue weighted by Gasteiger charge is -2.47. The van der Waals surface area contributed by atoms with Crippen LogP contribution in [0.25, 0.3) is 0 Å². The number of nitrogens with one attached hydrogen (secondary N) is 3. The number of unbranched alkanes of at least 4 members (excludes halogenated alkanes) is 28. The summed E-state index contributed by atoms with van der Waals surface area (Å²) in [5.41, 5.74) is 0.661. The summed E-state index contributed by atoms with van der Waals surface area (Å²) in [5.74, 6) is -4.02. The van der Waals surface area contributed by atoms with Crippen molar-refractivity contribution >= 4 is 119 Å². The second-order valence-corrected chi connectivity index (χ2v) is 35.0. The topological polar surface area (TPSA) is 313 Å². The second kappa shape index (κ2) is 57.1. The van der Waals surface area contributed by atoms with E-state index in [2.05, 4.69) is 36.7 Å². The minimum absolute atomic E-state index is 0.0167. The van der Waals surface area contributed by atoms with Crippen LogP contribution in [0.2, 0.25) is 0 Å². The van der Waals surface area contributed by atoms with Crippen LogP contribution in [0.3, 0.4) is 0 Å². The molecule has 3 amide bonds. The van der Waals surface area contributed by atoms with Crippen molar-refractivity contribution in [2.75, 3.05) is 39.6 Å². The number of ether oxygens (including phenoxy) is 10. The first kappa shape index (κ1) is 98.5. The van der Waals surface area contributed by atoms with Gasteiger partial charge >= 0.3 is 38.0 Å². The molecule has 2 fully saturated rings. The first-order chi connectivity index (χ1) is 54.4. The average molecular weight is 1730 g/mol. The smallest absolute Gasteiger partial charge is 0.459 e. The van der Waals surface area contributed by atoms with Crippen molar-refractivity contribution in [3.8, 4) is 11.5 Å². The highest BCUT2D eigenvalue weighted by Crippen LogP contribution is 2.53. The zero-order chi connectivity index (χ0) is 82.0. The van der Waals surface area contributed by atoms with Crippen LogP contribution in [-0.4, -0.2) is 156 Å². The molecule has 2 aliphatic heterocycles. The van der Waals surface area contributed by atoms with Gasteiger partial charge in [0.25, 0.3) is 0 Å². The fourth-order valence-electron chi connectivity index (χ4n) is 12.7. The van der Waals surface area contributed by atoms with Crippen LogP contribution in [-0.2, 0) is 87.0 Å². The van der Waals surface area contributed by atoms with Crippen LogP contribution in [0.1, 0.15) is 245 Å². The van der Waals surface area contributed by atoms with Crippen molar-refractivity contribution in [2.45, 2.75) is 315 Å². The van der Waals surface area contributed by atoms with Gasteiger partial charge in [-0.1, -0.05) is 337 Å². The van der Waals surface area contributed by atoms with Crippen molar-refractivity contribution < 1.29 is 104 Å². The number of aliphatic hydroxyl groups excluding tert-OH is 1. The number of rotatable bonds is 58. The van der Waals surface area contributed by atoms with Gasteiger partial charge in [0.1, 0.15) is 87.6 Å². The maximum absolute atomic E-state index is 15.7. The van der Waals surface area contributed by atoms with Gasteiger partial charge in [0, 0.05) is 19.3 Å². The van der Waals surface area contributed by atoms with Gasteiger partial charge in [0.2, 0.25) is 19.4 Å². The van der Waals surface area contributed by atoms with Crippen LogP contribution in [0.15, 0.2) is 91.0 Å². The number of alkyl carbamates (subject to hydrolysis) is 1. The molecule has 638 valence electrons. The number of esters is 3. The largest absolute Gasteiger partial charge is 0.588 e. The van der Waals surface area contributed by atoms with E-state index in [9.17, 15) is 38.7 Å². The van der Waals surface area contributed by atoms with Gasteiger partial charge in [-0.2, -0.15) is 0 Å². The number of alkyl halides is 6. The predicted octanol–water partition coefficient (Wildman–Crippen LogP) is 19.0. The van der Waals surface area contributed by atoms with E-state index in [1.165, 1.54) is 88.5 Å². The monoisotopic (exact) mass is 1730 g/mol. The van der Waals surface area contributed by atoms with E-state index in [4.69, 9.17) is 131 Å². The molecule has 5 rings (SSSR count). The molecule has 3 aromatic rings. The van der Waals surface area contributed by atoms with Gasteiger partial charge in [-0.05, 0) is 49.1 Å². The van der Waals surface area contributed by atoms with Crippen molar-refractivity contribution in [1.82, 2.24) is 16.0 Å². The van der Waals surface area contributed by atoms with Gasteiger partial charge in [-0.3, -0.25) is 23.7 Å². The van der Waals surface area contributed by atoms with Crippen LogP contribution >= 0.6 is 77.4 Å². The van der Waals surface area contributed by atoms with E-state index < -0.39 is 158 Å². The number of hydrogen-bond acceptors (Lipinski definition) is 22. The fraction of sp³-hybridized carbons (Fsp3) is 0.691. The summed E-state index contributed by atoms with van der Waals surface area (Å²) < 4.78 is 89.7. The quantitative estimate of drug-likeness (QED) is 0.0134. The molecule has 0 aliphatic carbocycles. The maximum Gasteiger partial charge on any atom is 0.588 e. The molecule has 0 unspecified atom stereocenters. The Labute approximate surface area is 697 Å².